The van der Waals surface area contributed by atoms with Gasteiger partial charge in [-0.05, 0) is 57.8 Å². The molecule has 0 aliphatic carbocycles. The molecule has 0 aromatic rings. The lowest BCUT2D eigenvalue weighted by Crippen LogP contribution is -2.45. The molecule has 2 unspecified atom stereocenters. The van der Waals surface area contributed by atoms with Gasteiger partial charge in [0, 0.05) is 6.42 Å². The highest BCUT2D eigenvalue weighted by Crippen LogP contribution is 2.15. The lowest BCUT2D eigenvalue weighted by atomic mass is 10.0. The minimum Gasteiger partial charge on any atom is -0.394 e. The van der Waals surface area contributed by atoms with Gasteiger partial charge in [-0.15, -0.1) is 0 Å². The molecule has 4 nitrogen and oxygen atoms in total. The number of unbranched alkanes of at least 4 members (excludes halogenated alkanes) is 29. The van der Waals surface area contributed by atoms with Crippen molar-refractivity contribution in [2.45, 2.75) is 251 Å². The van der Waals surface area contributed by atoms with E-state index in [1.165, 1.54) is 173 Å². The summed E-state index contributed by atoms with van der Waals surface area (Å²) >= 11 is 0. The van der Waals surface area contributed by atoms with E-state index in [1.807, 2.05) is 6.08 Å². The smallest absolute Gasteiger partial charge is 0.220 e. The molecule has 0 aromatic carbocycles. The average Bonchev–Trinajstić information content (AvgIpc) is 3.16. The maximum atomic E-state index is 12.4. The van der Waals surface area contributed by atoms with Gasteiger partial charge in [0.05, 0.1) is 18.8 Å². The third kappa shape index (κ3) is 41.4. The molecule has 1 amide bonds. The number of hydrogen-bond acceptors (Lipinski definition) is 3. The number of hydrogen-bond donors (Lipinski definition) is 3. The van der Waals surface area contributed by atoms with E-state index in [-0.39, 0.29) is 12.5 Å². The van der Waals surface area contributed by atoms with Crippen LogP contribution in [0.4, 0.5) is 0 Å². The second-order valence-corrected chi connectivity index (χ2v) is 15.8. The Balaban J connectivity index is 3.57. The number of aliphatic hydroxyl groups is 2. The van der Waals surface area contributed by atoms with Crippen LogP contribution in [-0.4, -0.2) is 34.9 Å². The largest absolute Gasteiger partial charge is 0.394 e. The molecule has 2 atom stereocenters. The van der Waals surface area contributed by atoms with Crippen molar-refractivity contribution in [1.82, 2.24) is 5.32 Å². The van der Waals surface area contributed by atoms with Crippen molar-refractivity contribution < 1.29 is 15.0 Å². The lowest BCUT2D eigenvalue weighted by Gasteiger charge is -2.19. The SMILES string of the molecule is CC/C=C\C/C=C\CCCCCCCCCCCCCCCCC(=O)NC(CO)C(O)/C=C/CC/C=C/CCCCCCCCCCCCCCCC. The summed E-state index contributed by atoms with van der Waals surface area (Å²) in [6.45, 7) is 4.21. The van der Waals surface area contributed by atoms with E-state index in [9.17, 15) is 15.0 Å². The maximum Gasteiger partial charge on any atom is 0.220 e. The molecule has 0 radical (unpaired) electrons. The monoisotopic (exact) mass is 742 g/mol. The van der Waals surface area contributed by atoms with Gasteiger partial charge in [-0.25, -0.2) is 0 Å². The molecular weight excluding hydrogens is 651 g/mol. The summed E-state index contributed by atoms with van der Waals surface area (Å²) < 4.78 is 0. The number of carbonyl (C=O) groups excluding carboxylic acids is 1. The second kappa shape index (κ2) is 44.7. The third-order valence-corrected chi connectivity index (χ3v) is 10.5. The molecule has 4 heteroatoms. The van der Waals surface area contributed by atoms with Gasteiger partial charge < -0.3 is 15.5 Å². The fourth-order valence-corrected chi connectivity index (χ4v) is 7.00. The molecule has 0 aromatic heterocycles. The van der Waals surface area contributed by atoms with Crippen molar-refractivity contribution in [2.24, 2.45) is 0 Å². The van der Waals surface area contributed by atoms with Crippen LogP contribution in [0.15, 0.2) is 48.6 Å². The van der Waals surface area contributed by atoms with E-state index in [4.69, 9.17) is 0 Å². The summed E-state index contributed by atoms with van der Waals surface area (Å²) in [6, 6.07) is -0.639. The normalized spacial score (nSPS) is 13.4. The molecule has 0 heterocycles. The van der Waals surface area contributed by atoms with Crippen molar-refractivity contribution in [3.63, 3.8) is 0 Å². The van der Waals surface area contributed by atoms with E-state index >= 15 is 0 Å². The minimum absolute atomic E-state index is 0.0739. The Morgan fingerprint density at radius 3 is 1.30 bits per heavy atom. The topological polar surface area (TPSA) is 69.6 Å². The molecule has 0 spiro atoms. The van der Waals surface area contributed by atoms with Crippen LogP contribution in [0.25, 0.3) is 0 Å². The standard InChI is InChI=1S/C49H91NO3/c1-3-5-7-9-11-13-15-17-19-21-23-25-27-29-31-33-35-37-39-41-43-45-49(53)50-47(46-51)48(52)44-42-40-38-36-34-32-30-28-26-24-22-20-18-16-14-12-10-8-6-4-2/h5,7,11,13,34,36,42,44,47-48,51-52H,3-4,6,8-10,12,14-33,35,37-41,43,45-46H2,1-2H3,(H,50,53)/b7-5-,13-11-,36-34+,44-42+. The van der Waals surface area contributed by atoms with Gasteiger partial charge in [-0.3, -0.25) is 4.79 Å². The van der Waals surface area contributed by atoms with Crippen LogP contribution < -0.4 is 5.32 Å². The summed E-state index contributed by atoms with van der Waals surface area (Å²) in [6.07, 6.45) is 60.9. The first-order valence-electron chi connectivity index (χ1n) is 23.4. The van der Waals surface area contributed by atoms with E-state index in [0.29, 0.717) is 6.42 Å². The molecule has 0 saturated carbocycles. The molecule has 310 valence electrons. The van der Waals surface area contributed by atoms with Crippen LogP contribution in [-0.2, 0) is 4.79 Å². The van der Waals surface area contributed by atoms with Gasteiger partial charge in [0.2, 0.25) is 5.91 Å². The minimum atomic E-state index is -0.862. The molecule has 53 heavy (non-hydrogen) atoms. The number of allylic oxidation sites excluding steroid dienone is 7. The van der Waals surface area contributed by atoms with Crippen LogP contribution >= 0.6 is 0 Å². The predicted octanol–water partition coefficient (Wildman–Crippen LogP) is 14.7. The average molecular weight is 742 g/mol. The number of amides is 1. The lowest BCUT2D eigenvalue weighted by molar-refractivity contribution is -0.123. The molecule has 0 bridgehead atoms. The van der Waals surface area contributed by atoms with Crippen molar-refractivity contribution in [3.8, 4) is 0 Å². The van der Waals surface area contributed by atoms with E-state index in [0.717, 1.165) is 44.9 Å². The van der Waals surface area contributed by atoms with Crippen LogP contribution in [0, 0.1) is 0 Å². The number of aliphatic hydroxyl groups excluding tert-OH is 2. The molecule has 0 rings (SSSR count). The van der Waals surface area contributed by atoms with E-state index < -0.39 is 12.1 Å². The predicted molar refractivity (Wildman–Crippen MR) is 235 cm³/mol. The molecule has 3 N–H and O–H groups in total. The fourth-order valence-electron chi connectivity index (χ4n) is 7.00. The highest BCUT2D eigenvalue weighted by molar-refractivity contribution is 5.76. The molecule has 0 aliphatic heterocycles. The number of carbonyl (C=O) groups is 1. The first kappa shape index (κ1) is 51.4. The highest BCUT2D eigenvalue weighted by Gasteiger charge is 2.17. The zero-order valence-electron chi connectivity index (χ0n) is 35.5. The molecule has 0 fully saturated rings. The second-order valence-electron chi connectivity index (χ2n) is 15.8. The van der Waals surface area contributed by atoms with E-state index in [1.54, 1.807) is 6.08 Å². The van der Waals surface area contributed by atoms with Crippen LogP contribution in [0.1, 0.15) is 239 Å². The van der Waals surface area contributed by atoms with Crippen molar-refractivity contribution in [2.75, 3.05) is 6.61 Å². The zero-order chi connectivity index (χ0) is 38.6. The van der Waals surface area contributed by atoms with Crippen molar-refractivity contribution >= 4 is 5.91 Å². The molecule has 0 aliphatic rings. The summed E-state index contributed by atoms with van der Waals surface area (Å²) in [5.74, 6) is -0.0739. The zero-order valence-corrected chi connectivity index (χ0v) is 35.5. The first-order chi connectivity index (χ1) is 26.2. The first-order valence-corrected chi connectivity index (χ1v) is 23.4. The molecule has 0 saturated heterocycles. The summed E-state index contributed by atoms with van der Waals surface area (Å²) in [7, 11) is 0. The van der Waals surface area contributed by atoms with Crippen LogP contribution in [0.2, 0.25) is 0 Å². The van der Waals surface area contributed by atoms with Gasteiger partial charge in [0.25, 0.3) is 0 Å². The van der Waals surface area contributed by atoms with Crippen molar-refractivity contribution in [3.05, 3.63) is 48.6 Å². The van der Waals surface area contributed by atoms with E-state index in [2.05, 4.69) is 55.6 Å². The van der Waals surface area contributed by atoms with Gasteiger partial charge in [0.15, 0.2) is 0 Å². The van der Waals surface area contributed by atoms with Gasteiger partial charge in [-0.2, -0.15) is 0 Å². The Labute approximate surface area is 331 Å². The molecular formula is C49H91NO3. The Kier molecular flexibility index (Phi) is 43.4. The van der Waals surface area contributed by atoms with Crippen LogP contribution in [0.5, 0.6) is 0 Å². The number of rotatable bonds is 42. The summed E-state index contributed by atoms with van der Waals surface area (Å²) in [4.78, 5) is 12.4. The Bertz CT molecular complexity index is 847. The quantitative estimate of drug-likeness (QED) is 0.0431. The Morgan fingerprint density at radius 2 is 0.849 bits per heavy atom. The van der Waals surface area contributed by atoms with Crippen molar-refractivity contribution in [1.29, 1.82) is 0 Å². The fraction of sp³-hybridized carbons (Fsp3) is 0.816. The highest BCUT2D eigenvalue weighted by atomic mass is 16.3. The Morgan fingerprint density at radius 1 is 0.472 bits per heavy atom. The van der Waals surface area contributed by atoms with Gasteiger partial charge >= 0.3 is 0 Å². The number of nitrogens with one attached hydrogen (secondary N) is 1. The summed E-state index contributed by atoms with van der Waals surface area (Å²) in [5.41, 5.74) is 0. The van der Waals surface area contributed by atoms with Crippen LogP contribution in [0.3, 0.4) is 0 Å². The third-order valence-electron chi connectivity index (χ3n) is 10.5. The van der Waals surface area contributed by atoms with Gasteiger partial charge in [0.1, 0.15) is 0 Å². The maximum absolute atomic E-state index is 12.4. The summed E-state index contributed by atoms with van der Waals surface area (Å²) in [5, 5.41) is 23.0. The van der Waals surface area contributed by atoms with Gasteiger partial charge in [-0.1, -0.05) is 223 Å². The Hall–Kier alpha value is -1.65.